The Hall–Kier alpha value is -1.84. The van der Waals surface area contributed by atoms with Crippen LogP contribution >= 0.6 is 11.6 Å². The third-order valence-electron chi connectivity index (χ3n) is 2.86. The van der Waals surface area contributed by atoms with Gasteiger partial charge in [0.05, 0.1) is 25.9 Å². The number of esters is 1. The third-order valence-corrected chi connectivity index (χ3v) is 3.11. The van der Waals surface area contributed by atoms with Gasteiger partial charge in [-0.2, -0.15) is 0 Å². The second-order valence-corrected chi connectivity index (χ2v) is 4.70. The summed E-state index contributed by atoms with van der Waals surface area (Å²) in [7, 11) is 1.37. The molecule has 0 aliphatic rings. The zero-order chi connectivity index (χ0) is 14.4. The molecule has 4 heteroatoms. The normalized spacial score (nSPS) is 10.3. The van der Waals surface area contributed by atoms with Gasteiger partial charge in [-0.05, 0) is 29.3 Å². The second-order valence-electron chi connectivity index (χ2n) is 4.27. The molecule has 0 aromatic heterocycles. The molecule has 0 fully saturated rings. The van der Waals surface area contributed by atoms with Crippen molar-refractivity contribution in [1.29, 1.82) is 0 Å². The first-order valence-corrected chi connectivity index (χ1v) is 6.57. The van der Waals surface area contributed by atoms with E-state index in [4.69, 9.17) is 21.1 Å². The minimum Gasteiger partial charge on any atom is -0.465 e. The van der Waals surface area contributed by atoms with Crippen LogP contribution < -0.4 is 0 Å². The molecule has 0 aliphatic carbocycles. The summed E-state index contributed by atoms with van der Waals surface area (Å²) in [6, 6.07) is 14.7. The number of halogens is 1. The fraction of sp³-hybridized carbons (Fsp3) is 0.188. The molecule has 20 heavy (non-hydrogen) atoms. The summed E-state index contributed by atoms with van der Waals surface area (Å²) in [5.74, 6) is -0.351. The smallest absolute Gasteiger partial charge is 0.338 e. The molecule has 0 saturated heterocycles. The molecule has 0 heterocycles. The molecule has 0 saturated carbocycles. The van der Waals surface area contributed by atoms with Gasteiger partial charge in [-0.15, -0.1) is 0 Å². The minimum atomic E-state index is -0.351. The Morgan fingerprint density at radius 2 is 1.75 bits per heavy atom. The molecule has 2 aromatic carbocycles. The van der Waals surface area contributed by atoms with Crippen LogP contribution in [-0.2, 0) is 22.7 Å². The lowest BCUT2D eigenvalue weighted by molar-refractivity contribution is 0.0590. The predicted molar refractivity (Wildman–Crippen MR) is 77.7 cm³/mol. The van der Waals surface area contributed by atoms with E-state index >= 15 is 0 Å². The summed E-state index contributed by atoms with van der Waals surface area (Å²) < 4.78 is 10.4. The van der Waals surface area contributed by atoms with Gasteiger partial charge < -0.3 is 9.47 Å². The number of carbonyl (C=O) groups excluding carboxylic acids is 1. The van der Waals surface area contributed by atoms with Crippen LogP contribution in [0, 0.1) is 0 Å². The molecule has 0 N–H and O–H groups in total. The molecule has 0 atom stereocenters. The number of rotatable bonds is 5. The van der Waals surface area contributed by atoms with Gasteiger partial charge in [-0.25, -0.2) is 4.79 Å². The first-order chi connectivity index (χ1) is 9.70. The molecule has 0 amide bonds. The number of benzene rings is 2. The molecule has 0 unspecified atom stereocenters. The van der Waals surface area contributed by atoms with Gasteiger partial charge in [0.15, 0.2) is 0 Å². The molecule has 104 valence electrons. The van der Waals surface area contributed by atoms with Gasteiger partial charge in [-0.1, -0.05) is 41.9 Å². The lowest BCUT2D eigenvalue weighted by Gasteiger charge is -2.08. The van der Waals surface area contributed by atoms with E-state index in [2.05, 4.69) is 0 Å². The average Bonchev–Trinajstić information content (AvgIpc) is 2.49. The van der Waals surface area contributed by atoms with E-state index < -0.39 is 0 Å². The fourth-order valence-corrected chi connectivity index (χ4v) is 1.94. The van der Waals surface area contributed by atoms with Gasteiger partial charge in [0, 0.05) is 5.02 Å². The molecule has 0 aliphatic heterocycles. The highest BCUT2D eigenvalue weighted by molar-refractivity contribution is 6.30. The van der Waals surface area contributed by atoms with Crippen molar-refractivity contribution < 1.29 is 14.3 Å². The first kappa shape index (κ1) is 14.6. The Morgan fingerprint density at radius 3 is 2.45 bits per heavy atom. The summed E-state index contributed by atoms with van der Waals surface area (Å²) in [5, 5.41) is 0.699. The van der Waals surface area contributed by atoms with Crippen LogP contribution in [0.2, 0.25) is 5.02 Å². The predicted octanol–water partition coefficient (Wildman–Crippen LogP) is 3.84. The van der Waals surface area contributed by atoms with Crippen LogP contribution in [0.1, 0.15) is 21.5 Å². The Bertz CT molecular complexity index is 579. The number of hydrogen-bond donors (Lipinski definition) is 0. The fourth-order valence-electron chi connectivity index (χ4n) is 1.81. The maximum atomic E-state index is 11.6. The van der Waals surface area contributed by atoms with E-state index in [-0.39, 0.29) is 5.97 Å². The Kier molecular flexibility index (Phi) is 5.16. The van der Waals surface area contributed by atoms with Gasteiger partial charge in [-0.3, -0.25) is 0 Å². The maximum Gasteiger partial charge on any atom is 0.338 e. The van der Waals surface area contributed by atoms with Gasteiger partial charge in [0.2, 0.25) is 0 Å². The van der Waals surface area contributed by atoms with Crippen LogP contribution in [0.4, 0.5) is 0 Å². The van der Waals surface area contributed by atoms with Crippen molar-refractivity contribution in [1.82, 2.24) is 0 Å². The summed E-state index contributed by atoms with van der Waals surface area (Å²) in [6.45, 7) is 0.820. The zero-order valence-electron chi connectivity index (χ0n) is 11.1. The van der Waals surface area contributed by atoms with Crippen molar-refractivity contribution in [2.24, 2.45) is 0 Å². The lowest BCUT2D eigenvalue weighted by atomic mass is 10.1. The van der Waals surface area contributed by atoms with Crippen molar-refractivity contribution in [2.75, 3.05) is 7.11 Å². The van der Waals surface area contributed by atoms with E-state index in [0.717, 1.165) is 11.1 Å². The molecular weight excluding hydrogens is 276 g/mol. The summed E-state index contributed by atoms with van der Waals surface area (Å²) in [4.78, 5) is 11.6. The standard InChI is InChI=1S/C16H15ClO3/c1-19-16(18)15-5-3-2-4-13(15)11-20-10-12-6-8-14(17)9-7-12/h2-9H,10-11H2,1H3. The van der Waals surface area contributed by atoms with Crippen LogP contribution in [-0.4, -0.2) is 13.1 Å². The Balaban J connectivity index is 1.97. The van der Waals surface area contributed by atoms with Gasteiger partial charge >= 0.3 is 5.97 Å². The molecular formula is C16H15ClO3. The molecule has 2 aromatic rings. The van der Waals surface area contributed by atoms with Crippen LogP contribution in [0.15, 0.2) is 48.5 Å². The SMILES string of the molecule is COC(=O)c1ccccc1COCc1ccc(Cl)cc1. The van der Waals surface area contributed by atoms with E-state index in [1.165, 1.54) is 7.11 Å². The van der Waals surface area contributed by atoms with Crippen molar-refractivity contribution in [2.45, 2.75) is 13.2 Å². The maximum absolute atomic E-state index is 11.6. The van der Waals surface area contributed by atoms with Crippen LogP contribution in [0.3, 0.4) is 0 Å². The van der Waals surface area contributed by atoms with Gasteiger partial charge in [0.1, 0.15) is 0 Å². The highest BCUT2D eigenvalue weighted by atomic mass is 35.5. The van der Waals surface area contributed by atoms with Gasteiger partial charge in [0.25, 0.3) is 0 Å². The Morgan fingerprint density at radius 1 is 1.05 bits per heavy atom. The number of hydrogen-bond acceptors (Lipinski definition) is 3. The highest BCUT2D eigenvalue weighted by Gasteiger charge is 2.10. The van der Waals surface area contributed by atoms with E-state index in [9.17, 15) is 4.79 Å². The van der Waals surface area contributed by atoms with E-state index in [1.54, 1.807) is 12.1 Å². The van der Waals surface area contributed by atoms with Crippen molar-refractivity contribution in [3.63, 3.8) is 0 Å². The molecule has 0 spiro atoms. The van der Waals surface area contributed by atoms with Crippen molar-refractivity contribution in [3.05, 3.63) is 70.2 Å². The third kappa shape index (κ3) is 3.83. The summed E-state index contributed by atoms with van der Waals surface area (Å²) >= 11 is 5.82. The molecule has 0 radical (unpaired) electrons. The second kappa shape index (κ2) is 7.08. The molecule has 0 bridgehead atoms. The quantitative estimate of drug-likeness (QED) is 0.785. The number of carbonyl (C=O) groups is 1. The largest absolute Gasteiger partial charge is 0.465 e. The number of methoxy groups -OCH3 is 1. The van der Waals surface area contributed by atoms with Crippen LogP contribution in [0.5, 0.6) is 0 Å². The minimum absolute atomic E-state index is 0.351. The summed E-state index contributed by atoms with van der Waals surface area (Å²) in [6.07, 6.45) is 0. The number of ether oxygens (including phenoxy) is 2. The summed E-state index contributed by atoms with van der Waals surface area (Å²) in [5.41, 5.74) is 2.38. The topological polar surface area (TPSA) is 35.5 Å². The highest BCUT2D eigenvalue weighted by Crippen LogP contribution is 2.14. The van der Waals surface area contributed by atoms with E-state index in [0.29, 0.717) is 23.8 Å². The van der Waals surface area contributed by atoms with Crippen molar-refractivity contribution in [3.8, 4) is 0 Å². The monoisotopic (exact) mass is 290 g/mol. The van der Waals surface area contributed by atoms with E-state index in [1.807, 2.05) is 36.4 Å². The Labute approximate surface area is 123 Å². The molecule has 3 nitrogen and oxygen atoms in total. The first-order valence-electron chi connectivity index (χ1n) is 6.19. The average molecular weight is 291 g/mol. The van der Waals surface area contributed by atoms with Crippen LogP contribution in [0.25, 0.3) is 0 Å². The van der Waals surface area contributed by atoms with Crippen molar-refractivity contribution >= 4 is 17.6 Å². The molecule has 2 rings (SSSR count). The zero-order valence-corrected chi connectivity index (χ0v) is 11.9. The lowest BCUT2D eigenvalue weighted by Crippen LogP contribution is -2.06.